The molecule has 0 rings (SSSR count). The Morgan fingerprint density at radius 2 is 0.682 bits per heavy atom. The number of rotatable bonds is 47. The molecule has 0 heterocycles. The second-order valence-corrected chi connectivity index (χ2v) is 17.0. The van der Waals surface area contributed by atoms with Gasteiger partial charge in [-0.2, -0.15) is 0 Å². The molecule has 0 aliphatic rings. The van der Waals surface area contributed by atoms with Crippen LogP contribution in [-0.2, 0) is 23.8 Å². The Morgan fingerprint density at radius 1 is 0.348 bits per heavy atom. The number of hydrogen-bond donors (Lipinski definition) is 0. The van der Waals surface area contributed by atoms with E-state index in [9.17, 15) is 9.59 Å². The first-order chi connectivity index (χ1) is 32.6. The Morgan fingerprint density at radius 3 is 1.11 bits per heavy atom. The minimum Gasteiger partial charge on any atom is -0.462 e. The molecule has 1 atom stereocenters. The summed E-state index contributed by atoms with van der Waals surface area (Å²) in [4.78, 5) is 25.5. The molecule has 0 aromatic rings. The molecule has 0 aromatic heterocycles. The van der Waals surface area contributed by atoms with Crippen molar-refractivity contribution in [2.45, 2.75) is 219 Å². The minimum absolute atomic E-state index is 0.0403. The third kappa shape index (κ3) is 52.7. The van der Waals surface area contributed by atoms with Crippen LogP contribution in [0.3, 0.4) is 0 Å². The first kappa shape index (κ1) is 62.0. The van der Waals surface area contributed by atoms with E-state index in [0.717, 1.165) is 141 Å². The number of carbonyl (C=O) groups excluding carboxylic acids is 2. The van der Waals surface area contributed by atoms with Crippen molar-refractivity contribution in [3.8, 4) is 0 Å². The van der Waals surface area contributed by atoms with Gasteiger partial charge in [-0.3, -0.25) is 9.59 Å². The molecule has 0 fully saturated rings. The van der Waals surface area contributed by atoms with Gasteiger partial charge in [0.25, 0.3) is 0 Å². The molecular weight excluding hydrogens is 813 g/mol. The van der Waals surface area contributed by atoms with Crippen molar-refractivity contribution in [1.29, 1.82) is 0 Å². The minimum atomic E-state index is -0.584. The highest BCUT2D eigenvalue weighted by molar-refractivity contribution is 5.70. The monoisotopic (exact) mass is 911 g/mol. The van der Waals surface area contributed by atoms with E-state index in [2.05, 4.69) is 154 Å². The first-order valence-electron chi connectivity index (χ1n) is 26.7. The average molecular weight is 911 g/mol. The molecule has 5 heteroatoms. The summed E-state index contributed by atoms with van der Waals surface area (Å²) in [5, 5.41) is 0. The molecule has 0 aliphatic heterocycles. The number of allylic oxidation sites excluding steroid dienone is 22. The lowest BCUT2D eigenvalue weighted by molar-refractivity contribution is -0.163. The molecule has 0 bridgehead atoms. The SMILES string of the molecule is CC/C=C\C/C=C\C/C=C\C/C=C\C/C=C\CCCCCC(=O)OCC(COCCCCC/C=C\C/C=C\C/C=C\C/C=C\CC)OC(=O)CCCCCCC/C=C\C/C=C\CCCCC. The van der Waals surface area contributed by atoms with Crippen molar-refractivity contribution in [2.24, 2.45) is 0 Å². The second-order valence-electron chi connectivity index (χ2n) is 17.0. The van der Waals surface area contributed by atoms with Crippen LogP contribution in [0.2, 0.25) is 0 Å². The summed E-state index contributed by atoms with van der Waals surface area (Å²) in [5.41, 5.74) is 0. The van der Waals surface area contributed by atoms with Crippen LogP contribution in [0.5, 0.6) is 0 Å². The van der Waals surface area contributed by atoms with Crippen LogP contribution in [0.25, 0.3) is 0 Å². The van der Waals surface area contributed by atoms with Crippen molar-refractivity contribution in [3.05, 3.63) is 134 Å². The zero-order chi connectivity index (χ0) is 47.7. The average Bonchev–Trinajstić information content (AvgIpc) is 3.32. The molecule has 0 saturated heterocycles. The fourth-order valence-electron chi connectivity index (χ4n) is 6.73. The third-order valence-corrected chi connectivity index (χ3v) is 10.7. The fourth-order valence-corrected chi connectivity index (χ4v) is 6.73. The summed E-state index contributed by atoms with van der Waals surface area (Å²) < 4.78 is 17.4. The smallest absolute Gasteiger partial charge is 0.306 e. The highest BCUT2D eigenvalue weighted by Crippen LogP contribution is 2.12. The van der Waals surface area contributed by atoms with Gasteiger partial charge in [0.05, 0.1) is 6.61 Å². The molecule has 66 heavy (non-hydrogen) atoms. The van der Waals surface area contributed by atoms with Gasteiger partial charge in [-0.15, -0.1) is 0 Å². The lowest BCUT2D eigenvalue weighted by Gasteiger charge is -2.18. The van der Waals surface area contributed by atoms with Crippen LogP contribution in [0.15, 0.2) is 134 Å². The van der Waals surface area contributed by atoms with Crippen LogP contribution < -0.4 is 0 Å². The summed E-state index contributed by atoms with van der Waals surface area (Å²) in [5.74, 6) is -0.478. The predicted molar refractivity (Wildman–Crippen MR) is 288 cm³/mol. The topological polar surface area (TPSA) is 61.8 Å². The van der Waals surface area contributed by atoms with E-state index < -0.39 is 6.10 Å². The number of unbranched alkanes of at least 4 members (excludes halogenated alkanes) is 14. The van der Waals surface area contributed by atoms with Gasteiger partial charge in [0.15, 0.2) is 6.10 Å². The van der Waals surface area contributed by atoms with Crippen molar-refractivity contribution < 1.29 is 23.8 Å². The standard InChI is InChI=1S/C61H98O5/c1-4-7-10-13-16-19-22-25-28-30-31-32-34-36-39-42-45-48-51-54-60(62)65-58-59(57-64-56-53-50-47-44-41-38-35-29-26-23-20-17-14-11-8-5-2)66-61(63)55-52-49-46-43-40-37-33-27-24-21-18-15-12-9-6-3/h7-8,10-11,16-21,25-29,31-33,36,38-39,41,59H,4-6,9,12-15,22-24,30,34-35,37,40,42-58H2,1-3H3/b10-7-,11-8-,19-16-,20-17-,21-18-,28-25-,29-26-,32-31-,33-27-,39-36-,41-38-. The number of ether oxygens (including phenoxy) is 3. The summed E-state index contributed by atoms with van der Waals surface area (Å²) in [6.45, 7) is 7.43. The normalized spacial score (nSPS) is 13.3. The summed E-state index contributed by atoms with van der Waals surface area (Å²) in [6, 6.07) is 0. The van der Waals surface area contributed by atoms with E-state index in [4.69, 9.17) is 14.2 Å². The Kier molecular flexibility index (Phi) is 52.0. The van der Waals surface area contributed by atoms with Gasteiger partial charge in [-0.1, -0.05) is 199 Å². The number of hydrogen-bond acceptors (Lipinski definition) is 5. The lowest BCUT2D eigenvalue weighted by atomic mass is 10.1. The Hall–Kier alpha value is -3.96. The molecule has 0 aliphatic carbocycles. The van der Waals surface area contributed by atoms with Crippen molar-refractivity contribution in [2.75, 3.05) is 19.8 Å². The van der Waals surface area contributed by atoms with Gasteiger partial charge in [0.2, 0.25) is 0 Å². The van der Waals surface area contributed by atoms with Crippen LogP contribution >= 0.6 is 0 Å². The van der Waals surface area contributed by atoms with Gasteiger partial charge in [0, 0.05) is 19.4 Å². The van der Waals surface area contributed by atoms with Crippen molar-refractivity contribution in [1.82, 2.24) is 0 Å². The van der Waals surface area contributed by atoms with Crippen molar-refractivity contribution in [3.63, 3.8) is 0 Å². The number of carbonyl (C=O) groups is 2. The first-order valence-corrected chi connectivity index (χ1v) is 26.7. The van der Waals surface area contributed by atoms with Gasteiger partial charge in [-0.05, 0) is 135 Å². The molecule has 0 N–H and O–H groups in total. The lowest BCUT2D eigenvalue weighted by Crippen LogP contribution is -2.30. The molecule has 372 valence electrons. The van der Waals surface area contributed by atoms with Crippen LogP contribution in [0, 0.1) is 0 Å². The fraction of sp³-hybridized carbons (Fsp3) is 0.607. The molecule has 0 aromatic carbocycles. The molecular formula is C61H98O5. The summed E-state index contributed by atoms with van der Waals surface area (Å²) in [7, 11) is 0. The molecule has 1 unspecified atom stereocenters. The van der Waals surface area contributed by atoms with Gasteiger partial charge in [0.1, 0.15) is 6.61 Å². The van der Waals surface area contributed by atoms with Crippen LogP contribution in [-0.4, -0.2) is 37.9 Å². The van der Waals surface area contributed by atoms with E-state index in [0.29, 0.717) is 19.4 Å². The molecule has 5 nitrogen and oxygen atoms in total. The van der Waals surface area contributed by atoms with Crippen LogP contribution in [0.1, 0.15) is 213 Å². The summed E-state index contributed by atoms with van der Waals surface area (Å²) >= 11 is 0. The Balaban J connectivity index is 4.45. The molecule has 0 radical (unpaired) electrons. The quantitative estimate of drug-likeness (QED) is 0.0346. The van der Waals surface area contributed by atoms with Gasteiger partial charge >= 0.3 is 11.9 Å². The Labute approximate surface area is 407 Å². The van der Waals surface area contributed by atoms with Gasteiger partial charge < -0.3 is 14.2 Å². The highest BCUT2D eigenvalue weighted by Gasteiger charge is 2.17. The second kappa shape index (κ2) is 55.4. The molecule has 0 amide bonds. The largest absolute Gasteiger partial charge is 0.462 e. The van der Waals surface area contributed by atoms with Crippen molar-refractivity contribution >= 4 is 11.9 Å². The maximum Gasteiger partial charge on any atom is 0.306 e. The zero-order valence-electron chi connectivity index (χ0n) is 42.7. The van der Waals surface area contributed by atoms with E-state index in [1.54, 1.807) is 0 Å². The Bertz CT molecular complexity index is 1400. The van der Waals surface area contributed by atoms with Crippen LogP contribution in [0.4, 0.5) is 0 Å². The van der Waals surface area contributed by atoms with E-state index >= 15 is 0 Å². The highest BCUT2D eigenvalue weighted by atomic mass is 16.6. The molecule has 0 spiro atoms. The van der Waals surface area contributed by atoms with Gasteiger partial charge in [-0.25, -0.2) is 0 Å². The predicted octanol–water partition coefficient (Wildman–Crippen LogP) is 18.3. The maximum atomic E-state index is 12.8. The zero-order valence-corrected chi connectivity index (χ0v) is 42.7. The van der Waals surface area contributed by atoms with E-state index in [1.807, 2.05) is 0 Å². The third-order valence-electron chi connectivity index (χ3n) is 10.7. The maximum absolute atomic E-state index is 12.8. The summed E-state index contributed by atoms with van der Waals surface area (Å²) in [6.07, 6.45) is 78.9. The van der Waals surface area contributed by atoms with E-state index in [1.165, 1.54) is 38.5 Å². The number of esters is 2. The van der Waals surface area contributed by atoms with E-state index in [-0.39, 0.29) is 25.2 Å². The molecule has 0 saturated carbocycles.